The zero-order valence-corrected chi connectivity index (χ0v) is 17.0. The number of nitrogens with zero attached hydrogens (tertiary/aromatic N) is 2. The molecule has 1 atom stereocenters. The van der Waals surface area contributed by atoms with Gasteiger partial charge in [-0.3, -0.25) is 9.59 Å². The number of rotatable bonds is 5. The van der Waals surface area contributed by atoms with E-state index in [0.717, 1.165) is 31.0 Å². The highest BCUT2D eigenvalue weighted by molar-refractivity contribution is 6.45. The van der Waals surface area contributed by atoms with Gasteiger partial charge >= 0.3 is 0 Å². The van der Waals surface area contributed by atoms with Gasteiger partial charge in [0.05, 0.1) is 18.4 Å². The third-order valence-electron chi connectivity index (χ3n) is 5.68. The minimum atomic E-state index is -0.870. The lowest BCUT2D eigenvalue weighted by atomic mass is 9.97. The van der Waals surface area contributed by atoms with Crippen LogP contribution in [-0.2, 0) is 9.59 Å². The molecule has 0 aromatic heterocycles. The summed E-state index contributed by atoms with van der Waals surface area (Å²) in [5, 5.41) is 9.60. The molecule has 0 spiro atoms. The standard InChI is InChI=1S/C23H22F2N2O4/c1-31-17-7-4-15(5-8-17)20-21(26-10-2-3-14(12-26)13-28)23(30)27(22(20)29)19-11-16(24)6-9-18(19)25/h4-9,11,14,28H,2-3,10,12-13H2,1H3. The molecule has 8 heteroatoms. The number of benzene rings is 2. The van der Waals surface area contributed by atoms with Crippen molar-refractivity contribution in [2.24, 2.45) is 5.92 Å². The molecule has 1 fully saturated rings. The Hall–Kier alpha value is -3.26. The predicted molar refractivity (Wildman–Crippen MR) is 110 cm³/mol. The van der Waals surface area contributed by atoms with Crippen LogP contribution in [0.4, 0.5) is 14.5 Å². The lowest BCUT2D eigenvalue weighted by molar-refractivity contribution is -0.121. The Balaban J connectivity index is 1.83. The molecule has 2 heterocycles. The van der Waals surface area contributed by atoms with Crippen molar-refractivity contribution in [2.75, 3.05) is 31.7 Å². The number of carbonyl (C=O) groups is 2. The third-order valence-corrected chi connectivity index (χ3v) is 5.68. The Kier molecular flexibility index (Phi) is 5.73. The number of methoxy groups -OCH3 is 1. The van der Waals surface area contributed by atoms with Gasteiger partial charge in [-0.05, 0) is 48.6 Å². The molecule has 1 saturated heterocycles. The summed E-state index contributed by atoms with van der Waals surface area (Å²) in [4.78, 5) is 29.3. The van der Waals surface area contributed by atoms with E-state index >= 15 is 0 Å². The molecule has 2 aromatic carbocycles. The van der Waals surface area contributed by atoms with Crippen molar-refractivity contribution in [1.82, 2.24) is 4.90 Å². The number of imide groups is 1. The van der Waals surface area contributed by atoms with Crippen LogP contribution in [0, 0.1) is 17.6 Å². The van der Waals surface area contributed by atoms with Crippen LogP contribution in [0.25, 0.3) is 5.57 Å². The number of hydrogen-bond donors (Lipinski definition) is 1. The first kappa shape index (κ1) is 21.0. The molecule has 1 N–H and O–H groups in total. The first-order valence-electron chi connectivity index (χ1n) is 10.0. The molecule has 2 aromatic rings. The second-order valence-electron chi connectivity index (χ2n) is 7.63. The fourth-order valence-electron chi connectivity index (χ4n) is 4.12. The Morgan fingerprint density at radius 2 is 1.84 bits per heavy atom. The maximum Gasteiger partial charge on any atom is 0.282 e. The Bertz CT molecular complexity index is 1050. The van der Waals surface area contributed by atoms with Crippen LogP contribution < -0.4 is 9.64 Å². The molecule has 0 aliphatic carbocycles. The van der Waals surface area contributed by atoms with Crippen LogP contribution in [0.3, 0.4) is 0 Å². The zero-order valence-electron chi connectivity index (χ0n) is 17.0. The number of carbonyl (C=O) groups excluding carboxylic acids is 2. The van der Waals surface area contributed by atoms with Crippen molar-refractivity contribution in [1.29, 1.82) is 0 Å². The Labute approximate surface area is 178 Å². The number of likely N-dealkylation sites (tertiary alicyclic amines) is 1. The highest BCUT2D eigenvalue weighted by Gasteiger charge is 2.44. The molecule has 2 amide bonds. The van der Waals surface area contributed by atoms with E-state index in [9.17, 15) is 23.5 Å². The Morgan fingerprint density at radius 1 is 1.10 bits per heavy atom. The van der Waals surface area contributed by atoms with Gasteiger partial charge in [0.2, 0.25) is 0 Å². The first-order valence-corrected chi connectivity index (χ1v) is 10.0. The number of anilines is 1. The smallest absolute Gasteiger partial charge is 0.282 e. The van der Waals surface area contributed by atoms with E-state index < -0.39 is 29.1 Å². The summed E-state index contributed by atoms with van der Waals surface area (Å²) in [6.45, 7) is 0.875. The van der Waals surface area contributed by atoms with E-state index in [1.807, 2.05) is 0 Å². The van der Waals surface area contributed by atoms with Gasteiger partial charge < -0.3 is 14.7 Å². The molecular weight excluding hydrogens is 406 g/mol. The van der Waals surface area contributed by atoms with E-state index in [4.69, 9.17) is 4.74 Å². The van der Waals surface area contributed by atoms with Crippen molar-refractivity contribution in [3.05, 3.63) is 65.4 Å². The van der Waals surface area contributed by atoms with Crippen molar-refractivity contribution in [2.45, 2.75) is 12.8 Å². The topological polar surface area (TPSA) is 70.1 Å². The second kappa shape index (κ2) is 8.47. The summed E-state index contributed by atoms with van der Waals surface area (Å²) >= 11 is 0. The largest absolute Gasteiger partial charge is 0.497 e. The van der Waals surface area contributed by atoms with Crippen LogP contribution in [0.15, 0.2) is 48.2 Å². The van der Waals surface area contributed by atoms with Gasteiger partial charge in [-0.1, -0.05) is 12.1 Å². The number of aliphatic hydroxyl groups is 1. The van der Waals surface area contributed by atoms with Gasteiger partial charge in [-0.25, -0.2) is 13.7 Å². The summed E-state index contributed by atoms with van der Waals surface area (Å²) in [6, 6.07) is 9.28. The molecule has 6 nitrogen and oxygen atoms in total. The summed E-state index contributed by atoms with van der Waals surface area (Å²) in [5.74, 6) is -2.52. The molecule has 162 valence electrons. The van der Waals surface area contributed by atoms with Crippen molar-refractivity contribution in [3.8, 4) is 5.75 Å². The summed E-state index contributed by atoms with van der Waals surface area (Å²) in [7, 11) is 1.52. The van der Waals surface area contributed by atoms with Crippen molar-refractivity contribution >= 4 is 23.1 Å². The maximum absolute atomic E-state index is 14.5. The molecular formula is C23H22F2N2O4. The van der Waals surface area contributed by atoms with Crippen LogP contribution >= 0.6 is 0 Å². The molecule has 0 bridgehead atoms. The average Bonchev–Trinajstić information content (AvgIpc) is 3.05. The van der Waals surface area contributed by atoms with Gasteiger partial charge in [-0.2, -0.15) is 0 Å². The monoisotopic (exact) mass is 428 g/mol. The summed E-state index contributed by atoms with van der Waals surface area (Å²) in [6.07, 6.45) is 1.54. The van der Waals surface area contributed by atoms with Gasteiger partial charge in [0.15, 0.2) is 0 Å². The predicted octanol–water partition coefficient (Wildman–Crippen LogP) is 2.96. The Morgan fingerprint density at radius 3 is 2.52 bits per heavy atom. The molecule has 4 rings (SSSR count). The van der Waals surface area contributed by atoms with Crippen LogP contribution in [0.2, 0.25) is 0 Å². The zero-order chi connectivity index (χ0) is 22.1. The second-order valence-corrected chi connectivity index (χ2v) is 7.63. The molecule has 1 unspecified atom stereocenters. The highest BCUT2D eigenvalue weighted by atomic mass is 19.1. The SMILES string of the molecule is COc1ccc(C2=C(N3CCCC(CO)C3)C(=O)N(c3cc(F)ccc3F)C2=O)cc1. The van der Waals surface area contributed by atoms with E-state index in [-0.39, 0.29) is 23.8 Å². The van der Waals surface area contributed by atoms with Crippen molar-refractivity contribution < 1.29 is 28.2 Å². The number of halogens is 2. The van der Waals surface area contributed by atoms with Crippen LogP contribution in [0.5, 0.6) is 5.75 Å². The van der Waals surface area contributed by atoms with Gasteiger partial charge in [-0.15, -0.1) is 0 Å². The molecule has 0 radical (unpaired) electrons. The summed E-state index contributed by atoms with van der Waals surface area (Å²) < 4.78 is 33.5. The molecule has 2 aliphatic heterocycles. The van der Waals surface area contributed by atoms with Gasteiger partial charge in [0.1, 0.15) is 23.1 Å². The number of ether oxygens (including phenoxy) is 1. The van der Waals surface area contributed by atoms with Gasteiger partial charge in [0.25, 0.3) is 11.8 Å². The fraction of sp³-hybridized carbons (Fsp3) is 0.304. The minimum absolute atomic E-state index is 0.0357. The van der Waals surface area contributed by atoms with Crippen LogP contribution in [0.1, 0.15) is 18.4 Å². The lowest BCUT2D eigenvalue weighted by Crippen LogP contribution is -2.40. The molecule has 2 aliphatic rings. The number of hydrogen-bond acceptors (Lipinski definition) is 5. The maximum atomic E-state index is 14.5. The number of piperidine rings is 1. The van der Waals surface area contributed by atoms with Gasteiger partial charge in [0, 0.05) is 25.8 Å². The number of aliphatic hydroxyl groups excluding tert-OH is 1. The lowest BCUT2D eigenvalue weighted by Gasteiger charge is -2.34. The van der Waals surface area contributed by atoms with E-state index in [2.05, 4.69) is 0 Å². The molecule has 31 heavy (non-hydrogen) atoms. The summed E-state index contributed by atoms with van der Waals surface area (Å²) in [5.41, 5.74) is 0.304. The quantitative estimate of drug-likeness (QED) is 0.742. The van der Waals surface area contributed by atoms with E-state index in [1.165, 1.54) is 7.11 Å². The van der Waals surface area contributed by atoms with E-state index in [0.29, 0.717) is 29.3 Å². The third kappa shape index (κ3) is 3.79. The number of amides is 2. The highest BCUT2D eigenvalue weighted by Crippen LogP contribution is 2.37. The van der Waals surface area contributed by atoms with Crippen LogP contribution in [-0.4, -0.2) is 48.6 Å². The fourth-order valence-corrected chi connectivity index (χ4v) is 4.12. The van der Waals surface area contributed by atoms with Crippen molar-refractivity contribution in [3.63, 3.8) is 0 Å². The first-order chi connectivity index (χ1) is 14.9. The molecule has 0 saturated carbocycles. The van der Waals surface area contributed by atoms with E-state index in [1.54, 1.807) is 29.2 Å². The normalized spacial score (nSPS) is 19.4. The minimum Gasteiger partial charge on any atom is -0.497 e. The average molecular weight is 428 g/mol.